The van der Waals surface area contributed by atoms with Crippen LogP contribution in [0.25, 0.3) is 0 Å². The number of methoxy groups -OCH3 is 1. The fourth-order valence-corrected chi connectivity index (χ4v) is 5.99. The molecule has 0 atom stereocenters. The Morgan fingerprint density at radius 1 is 0.905 bits per heavy atom. The van der Waals surface area contributed by atoms with Crippen LogP contribution < -0.4 is 24.2 Å². The lowest BCUT2D eigenvalue weighted by Crippen LogP contribution is -2.30. The lowest BCUT2D eigenvalue weighted by Gasteiger charge is -2.17. The maximum Gasteiger partial charge on any atom is 0.263 e. The number of rotatable bonds is 13. The van der Waals surface area contributed by atoms with Crippen molar-refractivity contribution in [3.63, 3.8) is 0 Å². The van der Waals surface area contributed by atoms with Gasteiger partial charge in [0.25, 0.3) is 15.9 Å². The van der Waals surface area contributed by atoms with Crippen molar-refractivity contribution in [3.05, 3.63) is 75.8 Å². The van der Waals surface area contributed by atoms with Gasteiger partial charge in [-0.3, -0.25) is 19.0 Å². The molecule has 3 aromatic rings. The summed E-state index contributed by atoms with van der Waals surface area (Å²) in [5.74, 6) is -0.798. The number of amides is 2. The van der Waals surface area contributed by atoms with E-state index in [1.54, 1.807) is 0 Å². The lowest BCUT2D eigenvalue weighted by atomic mass is 10.1. The molecule has 15 heteroatoms. The highest BCUT2D eigenvalue weighted by Crippen LogP contribution is 2.38. The van der Waals surface area contributed by atoms with E-state index in [1.807, 2.05) is 11.6 Å². The van der Waals surface area contributed by atoms with Crippen molar-refractivity contribution in [2.75, 3.05) is 24.6 Å². The van der Waals surface area contributed by atoms with Crippen LogP contribution in [-0.4, -0.2) is 48.6 Å². The van der Waals surface area contributed by atoms with Crippen molar-refractivity contribution in [2.45, 2.75) is 31.1 Å². The molecule has 0 bridgehead atoms. The minimum atomic E-state index is -4.27. The number of carbonyl (C=O) groups excluding carboxylic acids is 2. The number of nitrogens with one attached hydrogen (secondary N) is 3. The highest BCUT2D eigenvalue weighted by Gasteiger charge is 2.22. The van der Waals surface area contributed by atoms with Crippen LogP contribution in [-0.2, 0) is 31.3 Å². The maximum atomic E-state index is 13.3. The molecule has 3 N–H and O–H groups in total. The van der Waals surface area contributed by atoms with Gasteiger partial charge in [-0.05, 0) is 60.5 Å². The van der Waals surface area contributed by atoms with Crippen molar-refractivity contribution < 1.29 is 35.9 Å². The summed E-state index contributed by atoms with van der Waals surface area (Å²) >= 11 is 12.1. The molecule has 0 saturated heterocycles. The standard InChI is InChI=1S/C27H29Cl2N3O8S2/c1-4-5-12-30-27(34)18-7-10-22(21(15-18)31-42(37,38)25-11-8-19(28)16-20(25)29)40-23-9-6-17(13-24(23)39-2)14-26(33)32-41(3,35)36/h6-11,13,15-16,31H,4-5,12,14H2,1-3H3,(H,30,34)(H,32,33). The molecule has 0 aliphatic heterocycles. The number of halogens is 2. The van der Waals surface area contributed by atoms with E-state index in [9.17, 15) is 26.4 Å². The number of hydrogen-bond acceptors (Lipinski definition) is 8. The van der Waals surface area contributed by atoms with Crippen LogP contribution in [0.3, 0.4) is 0 Å². The van der Waals surface area contributed by atoms with Crippen molar-refractivity contribution in [1.29, 1.82) is 0 Å². The predicted molar refractivity (Wildman–Crippen MR) is 161 cm³/mol. The second-order valence-corrected chi connectivity index (χ2v) is 13.3. The highest BCUT2D eigenvalue weighted by molar-refractivity contribution is 7.92. The zero-order valence-electron chi connectivity index (χ0n) is 22.9. The molecule has 0 saturated carbocycles. The number of benzene rings is 3. The quantitative estimate of drug-likeness (QED) is 0.222. The van der Waals surface area contributed by atoms with Crippen LogP contribution in [0.2, 0.25) is 10.0 Å². The Morgan fingerprint density at radius 3 is 2.26 bits per heavy atom. The van der Waals surface area contributed by atoms with E-state index in [2.05, 4.69) is 10.0 Å². The summed E-state index contributed by atoms with van der Waals surface area (Å²) in [6, 6.07) is 12.6. The minimum Gasteiger partial charge on any atom is -0.493 e. The van der Waals surface area contributed by atoms with Gasteiger partial charge in [-0.15, -0.1) is 0 Å². The van der Waals surface area contributed by atoms with Crippen molar-refractivity contribution in [2.24, 2.45) is 0 Å². The molecule has 0 aromatic heterocycles. The highest BCUT2D eigenvalue weighted by atomic mass is 35.5. The van der Waals surface area contributed by atoms with Crippen LogP contribution in [0.5, 0.6) is 17.2 Å². The monoisotopic (exact) mass is 657 g/mol. The minimum absolute atomic E-state index is 0.0228. The van der Waals surface area contributed by atoms with Gasteiger partial charge in [-0.25, -0.2) is 16.8 Å². The largest absolute Gasteiger partial charge is 0.493 e. The van der Waals surface area contributed by atoms with E-state index in [4.69, 9.17) is 32.7 Å². The summed E-state index contributed by atoms with van der Waals surface area (Å²) in [6.07, 6.45) is 2.27. The van der Waals surface area contributed by atoms with Crippen LogP contribution in [0, 0.1) is 0 Å². The fraction of sp³-hybridized carbons (Fsp3) is 0.259. The molecule has 11 nitrogen and oxygen atoms in total. The van der Waals surface area contributed by atoms with E-state index >= 15 is 0 Å². The molecule has 0 heterocycles. The van der Waals surface area contributed by atoms with Gasteiger partial charge in [-0.2, -0.15) is 0 Å². The summed E-state index contributed by atoms with van der Waals surface area (Å²) < 4.78 is 65.0. The van der Waals surface area contributed by atoms with Gasteiger partial charge < -0.3 is 14.8 Å². The Balaban J connectivity index is 1.98. The molecule has 0 aliphatic rings. The molecule has 42 heavy (non-hydrogen) atoms. The molecule has 0 spiro atoms. The number of unbranched alkanes of at least 4 members (excludes halogenated alkanes) is 1. The molecule has 0 radical (unpaired) electrons. The summed E-state index contributed by atoms with van der Waals surface area (Å²) in [4.78, 5) is 24.5. The normalized spacial score (nSPS) is 11.5. The Bertz CT molecular complexity index is 1700. The zero-order chi connectivity index (χ0) is 31.1. The molecule has 3 aromatic carbocycles. The van der Waals surface area contributed by atoms with Crippen molar-refractivity contribution in [3.8, 4) is 17.2 Å². The second kappa shape index (κ2) is 14.1. The summed E-state index contributed by atoms with van der Waals surface area (Å²) in [5.41, 5.74) is 0.540. The van der Waals surface area contributed by atoms with Gasteiger partial charge >= 0.3 is 0 Å². The van der Waals surface area contributed by atoms with Gasteiger partial charge in [-0.1, -0.05) is 42.6 Å². The third-order valence-electron chi connectivity index (χ3n) is 5.60. The molecular formula is C27H29Cl2N3O8S2. The smallest absolute Gasteiger partial charge is 0.263 e. The third-order valence-corrected chi connectivity index (χ3v) is 8.28. The number of ether oxygens (including phenoxy) is 2. The first kappa shape index (κ1) is 33.0. The van der Waals surface area contributed by atoms with E-state index in [1.165, 1.54) is 61.7 Å². The number of carbonyl (C=O) groups is 2. The second-order valence-electron chi connectivity index (χ2n) is 9.06. The SMILES string of the molecule is CCCCNC(=O)c1ccc(Oc2ccc(CC(=O)NS(C)(=O)=O)cc2OC)c(NS(=O)(=O)c2ccc(Cl)cc2Cl)c1. The average molecular weight is 659 g/mol. The van der Waals surface area contributed by atoms with Gasteiger partial charge in [0.1, 0.15) is 4.90 Å². The predicted octanol–water partition coefficient (Wildman–Crippen LogP) is 4.74. The number of anilines is 1. The van der Waals surface area contributed by atoms with Gasteiger partial charge in [0, 0.05) is 17.1 Å². The molecule has 0 aliphatic carbocycles. The summed E-state index contributed by atoms with van der Waals surface area (Å²) in [6.45, 7) is 2.43. The van der Waals surface area contributed by atoms with Gasteiger partial charge in [0.2, 0.25) is 15.9 Å². The Hall–Kier alpha value is -3.52. The van der Waals surface area contributed by atoms with E-state index in [0.29, 0.717) is 12.1 Å². The van der Waals surface area contributed by atoms with E-state index < -0.39 is 31.9 Å². The van der Waals surface area contributed by atoms with Crippen LogP contribution >= 0.6 is 23.2 Å². The van der Waals surface area contributed by atoms with E-state index in [0.717, 1.165) is 19.1 Å². The first-order valence-electron chi connectivity index (χ1n) is 12.5. The lowest BCUT2D eigenvalue weighted by molar-refractivity contribution is -0.118. The van der Waals surface area contributed by atoms with Gasteiger partial charge in [0.05, 0.1) is 30.5 Å². The Morgan fingerprint density at radius 2 is 1.62 bits per heavy atom. The molecule has 0 unspecified atom stereocenters. The van der Waals surface area contributed by atoms with Crippen LogP contribution in [0.4, 0.5) is 5.69 Å². The van der Waals surface area contributed by atoms with Crippen molar-refractivity contribution in [1.82, 2.24) is 10.0 Å². The molecule has 0 fully saturated rings. The number of sulfonamides is 2. The Kier molecular flexibility index (Phi) is 11.1. The maximum absolute atomic E-state index is 13.3. The van der Waals surface area contributed by atoms with Crippen molar-refractivity contribution >= 4 is 60.8 Å². The molecule has 3 rings (SSSR count). The molecule has 226 valence electrons. The molecule has 2 amide bonds. The van der Waals surface area contributed by atoms with Crippen LogP contribution in [0.15, 0.2) is 59.5 Å². The first-order chi connectivity index (χ1) is 19.7. The number of hydrogen-bond donors (Lipinski definition) is 3. The van der Waals surface area contributed by atoms with Gasteiger partial charge in [0.15, 0.2) is 17.2 Å². The zero-order valence-corrected chi connectivity index (χ0v) is 26.0. The third kappa shape index (κ3) is 9.24. The Labute approximate surface area is 254 Å². The average Bonchev–Trinajstić information content (AvgIpc) is 2.89. The van der Waals surface area contributed by atoms with E-state index in [-0.39, 0.29) is 49.9 Å². The fourth-order valence-electron chi connectivity index (χ4n) is 3.67. The molecular weight excluding hydrogens is 629 g/mol. The summed E-state index contributed by atoms with van der Waals surface area (Å²) in [7, 11) is -6.63. The summed E-state index contributed by atoms with van der Waals surface area (Å²) in [5, 5.41) is 2.92. The van der Waals surface area contributed by atoms with Crippen LogP contribution in [0.1, 0.15) is 35.7 Å². The topological polar surface area (TPSA) is 157 Å². The first-order valence-corrected chi connectivity index (χ1v) is 16.6.